The summed E-state index contributed by atoms with van der Waals surface area (Å²) in [5.41, 5.74) is 4.84. The zero-order valence-electron chi connectivity index (χ0n) is 6.66. The molecule has 1 amide bonds. The molecule has 0 saturated heterocycles. The number of aliphatic hydroxyl groups excluding tert-OH is 1. The van der Waals surface area contributed by atoms with Gasteiger partial charge in [0.25, 0.3) is 5.91 Å². The number of likely N-dealkylation sites (N-methyl/N-ethyl adjacent to an activating group) is 1. The Hall–Kier alpha value is -0.610. The van der Waals surface area contributed by atoms with Gasteiger partial charge in [-0.25, -0.2) is 0 Å². The zero-order chi connectivity index (χ0) is 8.36. The van der Waals surface area contributed by atoms with E-state index < -0.39 is 12.0 Å². The molecule has 0 aromatic heterocycles. The molecule has 0 bridgehead atoms. The van der Waals surface area contributed by atoms with E-state index in [0.29, 0.717) is 11.0 Å². The minimum Gasteiger partial charge on any atom is -0.378 e. The van der Waals surface area contributed by atoms with Crippen molar-refractivity contribution < 1.29 is 14.4 Å². The lowest BCUT2D eigenvalue weighted by Crippen LogP contribution is -2.46. The van der Waals surface area contributed by atoms with Gasteiger partial charge in [0.1, 0.15) is 6.54 Å². The van der Waals surface area contributed by atoms with Crippen molar-refractivity contribution in [1.82, 2.24) is 0 Å². The van der Waals surface area contributed by atoms with E-state index in [2.05, 4.69) is 0 Å². The number of amides is 1. The predicted octanol–water partition coefficient (Wildman–Crippen LogP) is -1.46. The molecule has 0 radical (unpaired) electrons. The number of nitrogens with two attached hydrogens (primary N) is 1. The van der Waals surface area contributed by atoms with Crippen LogP contribution >= 0.6 is 0 Å². The maximum absolute atomic E-state index is 10.3. The van der Waals surface area contributed by atoms with Gasteiger partial charge < -0.3 is 15.3 Å². The average Bonchev–Trinajstić information content (AvgIpc) is 1.60. The molecule has 0 heterocycles. The summed E-state index contributed by atoms with van der Waals surface area (Å²) < 4.78 is 0.532. The number of aliphatic hydroxyl groups is 1. The first-order valence-electron chi connectivity index (χ1n) is 3.11. The Balaban J connectivity index is 3.80. The largest absolute Gasteiger partial charge is 0.378 e. The van der Waals surface area contributed by atoms with Crippen molar-refractivity contribution >= 4 is 5.91 Å². The number of rotatable bonds is 3. The first-order valence-corrected chi connectivity index (χ1v) is 3.11. The molecule has 0 aromatic carbocycles. The van der Waals surface area contributed by atoms with Crippen LogP contribution in [0.4, 0.5) is 0 Å². The Kier molecular flexibility index (Phi) is 2.80. The number of carbonyl (C=O) groups is 1. The summed E-state index contributed by atoms with van der Waals surface area (Å²) in [5, 5.41) is 8.97. The molecule has 0 rings (SSSR count). The van der Waals surface area contributed by atoms with Crippen molar-refractivity contribution in [3.05, 3.63) is 0 Å². The molecule has 4 nitrogen and oxygen atoms in total. The molecule has 1 unspecified atom stereocenters. The smallest absolute Gasteiger partial charge is 0.252 e. The highest BCUT2D eigenvalue weighted by Crippen LogP contribution is 1.93. The van der Waals surface area contributed by atoms with E-state index in [1.54, 1.807) is 0 Å². The molecule has 0 spiro atoms. The van der Waals surface area contributed by atoms with E-state index in [1.807, 2.05) is 21.1 Å². The van der Waals surface area contributed by atoms with Crippen LogP contribution in [0.3, 0.4) is 0 Å². The van der Waals surface area contributed by atoms with Crippen LogP contribution in [0.2, 0.25) is 0 Å². The third-order valence-corrected chi connectivity index (χ3v) is 1.05. The Morgan fingerprint density at radius 2 is 2.00 bits per heavy atom. The highest BCUT2D eigenvalue weighted by atomic mass is 16.3. The minimum absolute atomic E-state index is 0.356. The fraction of sp³-hybridized carbons (Fsp3) is 0.833. The summed E-state index contributed by atoms with van der Waals surface area (Å²) in [6.45, 7) is 0.356. The first-order chi connectivity index (χ1) is 4.33. The maximum Gasteiger partial charge on any atom is 0.252 e. The van der Waals surface area contributed by atoms with Crippen molar-refractivity contribution in [1.29, 1.82) is 0 Å². The third-order valence-electron chi connectivity index (χ3n) is 1.05. The van der Waals surface area contributed by atoms with Gasteiger partial charge in [-0.2, -0.15) is 0 Å². The van der Waals surface area contributed by atoms with Crippen LogP contribution < -0.4 is 5.73 Å². The molecule has 4 heteroatoms. The molecule has 0 saturated carbocycles. The fourth-order valence-corrected chi connectivity index (χ4v) is 0.609. The lowest BCUT2D eigenvalue weighted by atomic mass is 10.3. The van der Waals surface area contributed by atoms with Crippen LogP contribution in [-0.2, 0) is 4.79 Å². The van der Waals surface area contributed by atoms with Gasteiger partial charge >= 0.3 is 0 Å². The lowest BCUT2D eigenvalue weighted by molar-refractivity contribution is -0.872. The Morgan fingerprint density at radius 3 is 2.10 bits per heavy atom. The average molecular weight is 147 g/mol. The van der Waals surface area contributed by atoms with E-state index in [-0.39, 0.29) is 0 Å². The highest BCUT2D eigenvalue weighted by molar-refractivity contribution is 5.78. The summed E-state index contributed by atoms with van der Waals surface area (Å²) in [5.74, 6) is -0.659. The quantitative estimate of drug-likeness (QED) is 0.479. The summed E-state index contributed by atoms with van der Waals surface area (Å²) in [6.07, 6.45) is -1.03. The number of quaternary nitrogens is 1. The van der Waals surface area contributed by atoms with E-state index in [4.69, 9.17) is 10.8 Å². The van der Waals surface area contributed by atoms with Crippen LogP contribution in [0.1, 0.15) is 0 Å². The second-order valence-electron chi connectivity index (χ2n) is 3.39. The Labute approximate surface area is 60.8 Å². The molecule has 0 aromatic rings. The molecule has 0 fully saturated rings. The van der Waals surface area contributed by atoms with Crippen LogP contribution in [0.15, 0.2) is 0 Å². The first kappa shape index (κ1) is 9.39. The van der Waals surface area contributed by atoms with E-state index >= 15 is 0 Å². The summed E-state index contributed by atoms with van der Waals surface area (Å²) in [7, 11) is 5.64. The molecular formula is C6H15N2O2+. The van der Waals surface area contributed by atoms with Crippen LogP contribution in [0.5, 0.6) is 0 Å². The van der Waals surface area contributed by atoms with Gasteiger partial charge in [-0.15, -0.1) is 0 Å². The van der Waals surface area contributed by atoms with Crippen molar-refractivity contribution in [2.75, 3.05) is 27.7 Å². The lowest BCUT2D eigenvalue weighted by Gasteiger charge is -2.25. The monoisotopic (exact) mass is 147 g/mol. The van der Waals surface area contributed by atoms with Gasteiger partial charge in [0.05, 0.1) is 21.1 Å². The predicted molar refractivity (Wildman–Crippen MR) is 38.1 cm³/mol. The van der Waals surface area contributed by atoms with Gasteiger partial charge in [0, 0.05) is 0 Å². The highest BCUT2D eigenvalue weighted by Gasteiger charge is 2.19. The normalized spacial score (nSPS) is 14.8. The SMILES string of the molecule is C[N+](C)(C)CC(O)C(N)=O. The van der Waals surface area contributed by atoms with Crippen molar-refractivity contribution in [2.24, 2.45) is 5.73 Å². The topological polar surface area (TPSA) is 63.3 Å². The van der Waals surface area contributed by atoms with Gasteiger partial charge in [-0.1, -0.05) is 0 Å². The van der Waals surface area contributed by atoms with Gasteiger partial charge in [0.2, 0.25) is 0 Å². The third kappa shape index (κ3) is 4.29. The van der Waals surface area contributed by atoms with Crippen LogP contribution in [0, 0.1) is 0 Å². The second-order valence-corrected chi connectivity index (χ2v) is 3.39. The Bertz CT molecular complexity index is 128. The molecule has 3 N–H and O–H groups in total. The molecule has 0 aliphatic heterocycles. The van der Waals surface area contributed by atoms with E-state index in [1.165, 1.54) is 0 Å². The molecule has 1 atom stereocenters. The van der Waals surface area contributed by atoms with Crippen LogP contribution in [0.25, 0.3) is 0 Å². The fourth-order valence-electron chi connectivity index (χ4n) is 0.609. The molecule has 0 aliphatic rings. The van der Waals surface area contributed by atoms with Gasteiger partial charge in [-0.05, 0) is 0 Å². The van der Waals surface area contributed by atoms with Crippen LogP contribution in [-0.4, -0.2) is 49.3 Å². The maximum atomic E-state index is 10.3. The molecular weight excluding hydrogens is 132 g/mol. The molecule has 60 valence electrons. The molecule has 0 aliphatic carbocycles. The number of hydrogen-bond donors (Lipinski definition) is 2. The van der Waals surface area contributed by atoms with Crippen molar-refractivity contribution in [2.45, 2.75) is 6.10 Å². The Morgan fingerprint density at radius 1 is 1.60 bits per heavy atom. The molecule has 10 heavy (non-hydrogen) atoms. The van der Waals surface area contributed by atoms with Crippen molar-refractivity contribution in [3.63, 3.8) is 0 Å². The van der Waals surface area contributed by atoms with Crippen molar-refractivity contribution in [3.8, 4) is 0 Å². The van der Waals surface area contributed by atoms with Gasteiger partial charge in [0.15, 0.2) is 6.10 Å². The number of carbonyl (C=O) groups excluding carboxylic acids is 1. The minimum atomic E-state index is -1.03. The number of nitrogens with zero attached hydrogens (tertiary/aromatic N) is 1. The zero-order valence-corrected chi connectivity index (χ0v) is 6.66. The summed E-state index contributed by atoms with van der Waals surface area (Å²) in [6, 6.07) is 0. The summed E-state index contributed by atoms with van der Waals surface area (Å²) in [4.78, 5) is 10.3. The number of hydrogen-bond acceptors (Lipinski definition) is 2. The summed E-state index contributed by atoms with van der Waals surface area (Å²) >= 11 is 0. The van der Waals surface area contributed by atoms with E-state index in [0.717, 1.165) is 0 Å². The second kappa shape index (κ2) is 2.98. The standard InChI is InChI=1S/C6H14N2O2/c1-8(2,3)4-5(9)6(7)10/h5,9H,4H2,1-3H3,(H-,7,10)/p+1. The number of primary amides is 1. The van der Waals surface area contributed by atoms with Gasteiger partial charge in [-0.3, -0.25) is 4.79 Å². The van der Waals surface area contributed by atoms with E-state index in [9.17, 15) is 4.79 Å².